The van der Waals surface area contributed by atoms with Crippen LogP contribution in [0.15, 0.2) is 54.6 Å². The molecule has 1 aliphatic heterocycles. The molecule has 2 aromatic carbocycles. The first-order valence-electron chi connectivity index (χ1n) is 9.08. The van der Waals surface area contributed by atoms with Crippen LogP contribution in [0.1, 0.15) is 28.3 Å². The van der Waals surface area contributed by atoms with E-state index in [1.807, 2.05) is 30.3 Å². The van der Waals surface area contributed by atoms with E-state index in [2.05, 4.69) is 34.5 Å². The third kappa shape index (κ3) is 3.69. The predicted molar refractivity (Wildman–Crippen MR) is 99.1 cm³/mol. The van der Waals surface area contributed by atoms with Gasteiger partial charge in [-0.15, -0.1) is 0 Å². The number of amides is 1. The zero-order chi connectivity index (χ0) is 17.1. The van der Waals surface area contributed by atoms with E-state index in [9.17, 15) is 4.79 Å². The lowest BCUT2D eigenvalue weighted by Crippen LogP contribution is -2.38. The summed E-state index contributed by atoms with van der Waals surface area (Å²) in [5, 5.41) is 3.14. The molecular weight excluding hydrogens is 312 g/mol. The Morgan fingerprint density at radius 3 is 2.56 bits per heavy atom. The van der Waals surface area contributed by atoms with Gasteiger partial charge in [0, 0.05) is 25.3 Å². The Kier molecular flexibility index (Phi) is 4.70. The van der Waals surface area contributed by atoms with Gasteiger partial charge >= 0.3 is 0 Å². The number of ether oxygens (including phenoxy) is 1. The molecule has 0 aromatic heterocycles. The van der Waals surface area contributed by atoms with Crippen LogP contribution in [0.2, 0.25) is 0 Å². The van der Waals surface area contributed by atoms with Crippen molar-refractivity contribution in [3.63, 3.8) is 0 Å². The van der Waals surface area contributed by atoms with Gasteiger partial charge in [0.2, 0.25) is 0 Å². The fraction of sp³-hybridized carbons (Fsp3) is 0.381. The van der Waals surface area contributed by atoms with E-state index in [4.69, 9.17) is 4.74 Å². The minimum absolute atomic E-state index is 0.0285. The molecule has 2 aliphatic rings. The van der Waals surface area contributed by atoms with E-state index in [0.29, 0.717) is 11.8 Å². The Bertz CT molecular complexity index is 726. The van der Waals surface area contributed by atoms with Crippen molar-refractivity contribution in [3.05, 3.63) is 65.7 Å². The van der Waals surface area contributed by atoms with E-state index in [0.717, 1.165) is 50.5 Å². The lowest BCUT2D eigenvalue weighted by Gasteiger charge is -2.30. The first-order valence-corrected chi connectivity index (χ1v) is 9.08. The van der Waals surface area contributed by atoms with Crippen LogP contribution in [0.4, 0.5) is 5.69 Å². The van der Waals surface area contributed by atoms with Crippen LogP contribution >= 0.6 is 0 Å². The lowest BCUT2D eigenvalue weighted by molar-refractivity contribution is 0.0950. The highest BCUT2D eigenvalue weighted by molar-refractivity contribution is 5.99. The van der Waals surface area contributed by atoms with Gasteiger partial charge in [-0.2, -0.15) is 0 Å². The molecule has 1 saturated carbocycles. The van der Waals surface area contributed by atoms with Crippen LogP contribution < -0.4 is 10.2 Å². The van der Waals surface area contributed by atoms with Gasteiger partial charge in [-0.1, -0.05) is 42.5 Å². The van der Waals surface area contributed by atoms with Crippen molar-refractivity contribution in [1.29, 1.82) is 0 Å². The Hall–Kier alpha value is -2.33. The highest BCUT2D eigenvalue weighted by atomic mass is 16.5. The smallest absolute Gasteiger partial charge is 0.253 e. The van der Waals surface area contributed by atoms with E-state index in [1.165, 1.54) is 5.56 Å². The van der Waals surface area contributed by atoms with Crippen molar-refractivity contribution in [1.82, 2.24) is 5.32 Å². The zero-order valence-corrected chi connectivity index (χ0v) is 14.4. The first-order chi connectivity index (χ1) is 12.3. The molecule has 130 valence electrons. The topological polar surface area (TPSA) is 41.6 Å². The van der Waals surface area contributed by atoms with Crippen molar-refractivity contribution in [3.8, 4) is 0 Å². The molecule has 1 aliphatic carbocycles. The summed E-state index contributed by atoms with van der Waals surface area (Å²) in [6, 6.07) is 18.5. The molecule has 4 heteroatoms. The number of morpholine rings is 1. The molecule has 4 nitrogen and oxygen atoms in total. The number of hydrogen-bond acceptors (Lipinski definition) is 3. The summed E-state index contributed by atoms with van der Waals surface area (Å²) in [6.07, 6.45) is 1.16. The summed E-state index contributed by atoms with van der Waals surface area (Å²) >= 11 is 0. The number of benzene rings is 2. The number of nitrogens with one attached hydrogen (secondary N) is 1. The van der Waals surface area contributed by atoms with Gasteiger partial charge < -0.3 is 15.0 Å². The maximum absolute atomic E-state index is 12.7. The molecule has 4 rings (SSSR count). The molecule has 1 saturated heterocycles. The molecule has 25 heavy (non-hydrogen) atoms. The van der Waals surface area contributed by atoms with Crippen LogP contribution in [0.5, 0.6) is 0 Å². The van der Waals surface area contributed by atoms with Crippen molar-refractivity contribution in [2.24, 2.45) is 5.92 Å². The average molecular weight is 336 g/mol. The van der Waals surface area contributed by atoms with Crippen molar-refractivity contribution >= 4 is 11.6 Å². The molecule has 2 atom stereocenters. The van der Waals surface area contributed by atoms with E-state index < -0.39 is 0 Å². The largest absolute Gasteiger partial charge is 0.378 e. The van der Waals surface area contributed by atoms with Crippen LogP contribution in [0.25, 0.3) is 0 Å². The van der Waals surface area contributed by atoms with Crippen molar-refractivity contribution in [2.75, 3.05) is 37.7 Å². The second-order valence-electron chi connectivity index (χ2n) is 6.84. The van der Waals surface area contributed by atoms with Gasteiger partial charge in [0.25, 0.3) is 5.91 Å². The molecule has 0 spiro atoms. The van der Waals surface area contributed by atoms with Gasteiger partial charge in [-0.3, -0.25) is 4.79 Å². The summed E-state index contributed by atoms with van der Waals surface area (Å²) in [6.45, 7) is 3.86. The second kappa shape index (κ2) is 7.28. The molecular formula is C21H24N2O2. The monoisotopic (exact) mass is 336 g/mol. The third-order valence-corrected chi connectivity index (χ3v) is 5.18. The molecule has 1 heterocycles. The fourth-order valence-electron chi connectivity index (χ4n) is 3.65. The van der Waals surface area contributed by atoms with Crippen LogP contribution in [0.3, 0.4) is 0 Å². The number of carbonyl (C=O) groups is 1. The van der Waals surface area contributed by atoms with Gasteiger partial charge in [0.15, 0.2) is 0 Å². The summed E-state index contributed by atoms with van der Waals surface area (Å²) in [4.78, 5) is 15.0. The third-order valence-electron chi connectivity index (χ3n) is 5.18. The lowest BCUT2D eigenvalue weighted by atomic mass is 10.1. The standard InChI is InChI=1S/C21H24N2O2/c24-21(22-15-17-14-19(17)16-6-2-1-3-7-16)18-8-4-5-9-20(18)23-10-12-25-13-11-23/h1-9,17,19H,10-15H2,(H,22,24)/t17-,19-/m0/s1. The minimum Gasteiger partial charge on any atom is -0.378 e. The molecule has 0 unspecified atom stereocenters. The van der Waals surface area contributed by atoms with Crippen molar-refractivity contribution in [2.45, 2.75) is 12.3 Å². The normalized spacial score (nSPS) is 22.5. The number of rotatable bonds is 5. The predicted octanol–water partition coefficient (Wildman–Crippen LogP) is 3.06. The Balaban J connectivity index is 1.37. The minimum atomic E-state index is 0.0285. The molecule has 1 amide bonds. The number of anilines is 1. The summed E-state index contributed by atoms with van der Waals surface area (Å²) < 4.78 is 5.42. The van der Waals surface area contributed by atoms with E-state index in [1.54, 1.807) is 0 Å². The van der Waals surface area contributed by atoms with E-state index in [-0.39, 0.29) is 5.91 Å². The number of hydrogen-bond donors (Lipinski definition) is 1. The SMILES string of the molecule is O=C(NC[C@@H]1C[C@H]1c1ccccc1)c1ccccc1N1CCOCC1. The summed E-state index contributed by atoms with van der Waals surface area (Å²) in [5.74, 6) is 1.18. The Morgan fingerprint density at radius 1 is 1.04 bits per heavy atom. The molecule has 0 radical (unpaired) electrons. The quantitative estimate of drug-likeness (QED) is 0.912. The second-order valence-corrected chi connectivity index (χ2v) is 6.84. The van der Waals surface area contributed by atoms with Crippen molar-refractivity contribution < 1.29 is 9.53 Å². The number of nitrogens with zero attached hydrogens (tertiary/aromatic N) is 1. The summed E-state index contributed by atoms with van der Waals surface area (Å²) in [7, 11) is 0. The molecule has 2 aromatic rings. The van der Waals surface area contributed by atoms with Crippen LogP contribution in [0, 0.1) is 5.92 Å². The maximum atomic E-state index is 12.7. The van der Waals surface area contributed by atoms with E-state index >= 15 is 0 Å². The number of para-hydroxylation sites is 1. The highest BCUT2D eigenvalue weighted by Crippen LogP contribution is 2.46. The number of carbonyl (C=O) groups excluding carboxylic acids is 1. The fourth-order valence-corrected chi connectivity index (χ4v) is 3.65. The zero-order valence-electron chi connectivity index (χ0n) is 14.4. The van der Waals surface area contributed by atoms with Crippen LogP contribution in [-0.4, -0.2) is 38.8 Å². The van der Waals surface area contributed by atoms with Gasteiger partial charge in [0.05, 0.1) is 18.8 Å². The Labute approximate surface area is 148 Å². The van der Waals surface area contributed by atoms with Gasteiger partial charge in [-0.25, -0.2) is 0 Å². The molecule has 0 bridgehead atoms. The first kappa shape index (κ1) is 16.2. The average Bonchev–Trinajstić information content (AvgIpc) is 3.47. The van der Waals surface area contributed by atoms with Crippen LogP contribution in [-0.2, 0) is 4.74 Å². The highest BCUT2D eigenvalue weighted by Gasteiger charge is 2.38. The maximum Gasteiger partial charge on any atom is 0.253 e. The molecule has 1 N–H and O–H groups in total. The molecule has 2 fully saturated rings. The summed E-state index contributed by atoms with van der Waals surface area (Å²) in [5.41, 5.74) is 3.16. The van der Waals surface area contributed by atoms with Gasteiger partial charge in [-0.05, 0) is 36.0 Å². The Morgan fingerprint density at radius 2 is 1.76 bits per heavy atom. The van der Waals surface area contributed by atoms with Gasteiger partial charge in [0.1, 0.15) is 0 Å².